The molecule has 0 fully saturated rings. The molecule has 5 heteroatoms. The first-order valence-corrected chi connectivity index (χ1v) is 7.65. The van der Waals surface area contributed by atoms with Crippen molar-refractivity contribution in [1.82, 2.24) is 14.8 Å². The largest absolute Gasteiger partial charge is 0.370 e. The van der Waals surface area contributed by atoms with Crippen molar-refractivity contribution in [1.29, 1.82) is 0 Å². The van der Waals surface area contributed by atoms with Crippen molar-refractivity contribution in [3.05, 3.63) is 47.4 Å². The first kappa shape index (κ1) is 15.2. The van der Waals surface area contributed by atoms with Crippen molar-refractivity contribution < 1.29 is 4.79 Å². The van der Waals surface area contributed by atoms with Crippen molar-refractivity contribution in [3.8, 4) is 11.1 Å². The maximum atomic E-state index is 11.0. The van der Waals surface area contributed by atoms with Gasteiger partial charge in [-0.3, -0.25) is 14.5 Å². The molecule has 0 unspecified atom stereocenters. The van der Waals surface area contributed by atoms with Gasteiger partial charge in [0.05, 0.1) is 11.2 Å². The normalized spacial score (nSPS) is 11.1. The van der Waals surface area contributed by atoms with E-state index in [-0.39, 0.29) is 12.3 Å². The van der Waals surface area contributed by atoms with Crippen LogP contribution in [0.2, 0.25) is 0 Å². The summed E-state index contributed by atoms with van der Waals surface area (Å²) in [5.41, 5.74) is 11.5. The van der Waals surface area contributed by atoms with E-state index >= 15 is 0 Å². The predicted molar refractivity (Wildman–Crippen MR) is 91.0 cm³/mol. The molecular formula is C18H20N4O. The molecule has 118 valence electrons. The molecule has 2 heterocycles. The second-order valence-corrected chi connectivity index (χ2v) is 5.86. The molecule has 0 aliphatic rings. The van der Waals surface area contributed by atoms with Crippen LogP contribution in [0.15, 0.2) is 30.5 Å². The molecule has 0 bridgehead atoms. The topological polar surface area (TPSA) is 73.8 Å². The molecule has 0 aliphatic heterocycles. The van der Waals surface area contributed by atoms with Crippen LogP contribution in [0.4, 0.5) is 0 Å². The first-order chi connectivity index (χ1) is 11.0. The number of aromatic nitrogens is 3. The van der Waals surface area contributed by atoms with E-state index in [4.69, 9.17) is 5.73 Å². The van der Waals surface area contributed by atoms with Gasteiger partial charge in [-0.1, -0.05) is 18.2 Å². The second kappa shape index (κ2) is 5.83. The number of aryl methyl sites for hydroxylation is 3. The monoisotopic (exact) mass is 308 g/mol. The number of primary amides is 1. The van der Waals surface area contributed by atoms with E-state index in [0.29, 0.717) is 6.54 Å². The molecule has 0 spiro atoms. The van der Waals surface area contributed by atoms with Gasteiger partial charge in [0.25, 0.3) is 0 Å². The summed E-state index contributed by atoms with van der Waals surface area (Å²) in [6.07, 6.45) is 2.18. The van der Waals surface area contributed by atoms with Crippen molar-refractivity contribution >= 4 is 16.8 Å². The lowest BCUT2D eigenvalue weighted by Crippen LogP contribution is -2.15. The van der Waals surface area contributed by atoms with Crippen LogP contribution in [-0.4, -0.2) is 20.7 Å². The Kier molecular flexibility index (Phi) is 3.86. The standard InChI is InChI=1S/C18H20N4O/c1-11-5-4-6-14-9-15(10-20-18(11)14)17-12(2)21-22(13(17)3)8-7-16(19)23/h4-6,9-10H,7-8H2,1-3H3,(H2,19,23). The zero-order valence-electron chi connectivity index (χ0n) is 13.6. The number of pyridine rings is 1. The maximum absolute atomic E-state index is 11.0. The summed E-state index contributed by atoms with van der Waals surface area (Å²) in [6, 6.07) is 8.32. The zero-order chi connectivity index (χ0) is 16.6. The van der Waals surface area contributed by atoms with Crippen molar-refractivity contribution in [2.45, 2.75) is 33.7 Å². The Bertz CT molecular complexity index is 895. The summed E-state index contributed by atoms with van der Waals surface area (Å²) in [6.45, 7) is 6.55. The van der Waals surface area contributed by atoms with Crippen LogP contribution in [0, 0.1) is 20.8 Å². The number of nitrogens with zero attached hydrogens (tertiary/aromatic N) is 3. The highest BCUT2D eigenvalue weighted by Crippen LogP contribution is 2.29. The molecule has 0 aliphatic carbocycles. The fraction of sp³-hybridized carbons (Fsp3) is 0.278. The Hall–Kier alpha value is -2.69. The minimum Gasteiger partial charge on any atom is -0.370 e. The lowest BCUT2D eigenvalue weighted by atomic mass is 10.0. The van der Waals surface area contributed by atoms with E-state index in [1.54, 1.807) is 0 Å². The number of para-hydroxylation sites is 1. The van der Waals surface area contributed by atoms with Gasteiger partial charge >= 0.3 is 0 Å². The summed E-state index contributed by atoms with van der Waals surface area (Å²) in [7, 11) is 0. The zero-order valence-corrected chi connectivity index (χ0v) is 13.6. The SMILES string of the molecule is Cc1nn(CCC(N)=O)c(C)c1-c1cnc2c(C)cccc2c1. The smallest absolute Gasteiger partial charge is 0.219 e. The van der Waals surface area contributed by atoms with E-state index in [0.717, 1.165) is 33.4 Å². The number of rotatable bonds is 4. The molecular weight excluding hydrogens is 288 g/mol. The Labute approximate surface area is 135 Å². The van der Waals surface area contributed by atoms with Crippen molar-refractivity contribution in [3.63, 3.8) is 0 Å². The van der Waals surface area contributed by atoms with Gasteiger partial charge in [-0.25, -0.2) is 0 Å². The number of carbonyl (C=O) groups excluding carboxylic acids is 1. The molecule has 0 atom stereocenters. The number of nitrogens with two attached hydrogens (primary N) is 1. The van der Waals surface area contributed by atoms with Crippen molar-refractivity contribution in [2.75, 3.05) is 0 Å². The second-order valence-electron chi connectivity index (χ2n) is 5.86. The van der Waals surface area contributed by atoms with Crippen LogP contribution >= 0.6 is 0 Å². The predicted octanol–water partition coefficient (Wildman–Crippen LogP) is 2.90. The summed E-state index contributed by atoms with van der Waals surface area (Å²) < 4.78 is 1.84. The number of amides is 1. The number of hydrogen-bond acceptors (Lipinski definition) is 3. The number of fused-ring (bicyclic) bond motifs is 1. The molecule has 23 heavy (non-hydrogen) atoms. The fourth-order valence-electron chi connectivity index (χ4n) is 3.00. The summed E-state index contributed by atoms with van der Waals surface area (Å²) >= 11 is 0. The molecule has 3 aromatic rings. The van der Waals surface area contributed by atoms with Crippen LogP contribution in [0.5, 0.6) is 0 Å². The first-order valence-electron chi connectivity index (χ1n) is 7.65. The lowest BCUT2D eigenvalue weighted by Gasteiger charge is -2.07. The molecule has 0 saturated heterocycles. The summed E-state index contributed by atoms with van der Waals surface area (Å²) in [5.74, 6) is -0.318. The van der Waals surface area contributed by atoms with E-state index in [9.17, 15) is 4.79 Å². The Morgan fingerprint density at radius 2 is 2.04 bits per heavy atom. The van der Waals surface area contributed by atoms with Gasteiger partial charge < -0.3 is 5.73 Å². The molecule has 5 nitrogen and oxygen atoms in total. The summed E-state index contributed by atoms with van der Waals surface area (Å²) in [5, 5.41) is 5.65. The van der Waals surface area contributed by atoms with Gasteiger partial charge in [-0.15, -0.1) is 0 Å². The van der Waals surface area contributed by atoms with Crippen LogP contribution in [0.3, 0.4) is 0 Å². The quantitative estimate of drug-likeness (QED) is 0.805. The van der Waals surface area contributed by atoms with Gasteiger partial charge in [0.15, 0.2) is 0 Å². The van der Waals surface area contributed by atoms with Crippen LogP contribution in [-0.2, 0) is 11.3 Å². The van der Waals surface area contributed by atoms with Crippen molar-refractivity contribution in [2.24, 2.45) is 5.73 Å². The highest BCUT2D eigenvalue weighted by molar-refractivity contribution is 5.86. The average Bonchev–Trinajstić information content (AvgIpc) is 2.79. The molecule has 1 aromatic carbocycles. The molecule has 1 amide bonds. The van der Waals surface area contributed by atoms with E-state index in [1.807, 2.05) is 30.8 Å². The Balaban J connectivity index is 2.06. The molecule has 2 aromatic heterocycles. The maximum Gasteiger partial charge on any atom is 0.219 e. The molecule has 3 rings (SSSR count). The molecule has 0 saturated carbocycles. The van der Waals surface area contributed by atoms with Crippen LogP contribution in [0.1, 0.15) is 23.4 Å². The van der Waals surface area contributed by atoms with Gasteiger partial charge in [0, 0.05) is 41.4 Å². The van der Waals surface area contributed by atoms with E-state index < -0.39 is 0 Å². The Morgan fingerprint density at radius 3 is 2.78 bits per heavy atom. The average molecular weight is 308 g/mol. The number of hydrogen-bond donors (Lipinski definition) is 1. The Morgan fingerprint density at radius 1 is 1.26 bits per heavy atom. The lowest BCUT2D eigenvalue weighted by molar-refractivity contribution is -0.118. The number of carbonyl (C=O) groups is 1. The highest BCUT2D eigenvalue weighted by atomic mass is 16.1. The minimum absolute atomic E-state index is 0.288. The van der Waals surface area contributed by atoms with Gasteiger partial charge in [0.2, 0.25) is 5.91 Å². The van der Waals surface area contributed by atoms with Gasteiger partial charge in [0.1, 0.15) is 0 Å². The van der Waals surface area contributed by atoms with Crippen LogP contribution < -0.4 is 5.73 Å². The van der Waals surface area contributed by atoms with Gasteiger partial charge in [-0.2, -0.15) is 5.10 Å². The molecule has 2 N–H and O–H groups in total. The van der Waals surface area contributed by atoms with E-state index in [1.165, 1.54) is 5.56 Å². The third-order valence-electron chi connectivity index (χ3n) is 4.15. The fourth-order valence-corrected chi connectivity index (χ4v) is 3.00. The number of benzene rings is 1. The van der Waals surface area contributed by atoms with Crippen LogP contribution in [0.25, 0.3) is 22.0 Å². The summed E-state index contributed by atoms with van der Waals surface area (Å²) in [4.78, 5) is 15.6. The highest BCUT2D eigenvalue weighted by Gasteiger charge is 2.15. The third-order valence-corrected chi connectivity index (χ3v) is 4.15. The van der Waals surface area contributed by atoms with Gasteiger partial charge in [-0.05, 0) is 32.4 Å². The third kappa shape index (κ3) is 2.82. The minimum atomic E-state index is -0.318. The molecule has 0 radical (unpaired) electrons. The van der Waals surface area contributed by atoms with E-state index in [2.05, 4.69) is 35.2 Å².